The molecule has 0 radical (unpaired) electrons. The average Bonchev–Trinajstić information content (AvgIpc) is 2.36. The highest BCUT2D eigenvalue weighted by Gasteiger charge is 2.43. The molecule has 0 fully saturated rings. The second kappa shape index (κ2) is 5.94. The molecule has 0 heterocycles. The number of benzene rings is 1. The van der Waals surface area contributed by atoms with Crippen LogP contribution in [0.2, 0.25) is 0 Å². The Morgan fingerprint density at radius 1 is 1.15 bits per heavy atom. The van der Waals surface area contributed by atoms with Gasteiger partial charge in [0.25, 0.3) is 0 Å². The molecule has 0 unspecified atom stereocenters. The maximum atomic E-state index is 11.8. The molecule has 1 rings (SSSR count). The minimum Gasteiger partial charge on any atom is -0.445 e. The van der Waals surface area contributed by atoms with Gasteiger partial charge in [-0.3, -0.25) is 4.79 Å². The van der Waals surface area contributed by atoms with Crippen molar-refractivity contribution in [1.29, 1.82) is 0 Å². The van der Waals surface area contributed by atoms with Gasteiger partial charge in [0.05, 0.1) is 11.0 Å². The van der Waals surface area contributed by atoms with E-state index in [1.54, 1.807) is 27.7 Å². The summed E-state index contributed by atoms with van der Waals surface area (Å²) in [7, 11) is 0. The summed E-state index contributed by atoms with van der Waals surface area (Å²) in [6.07, 6.45) is -0.576. The Hall–Kier alpha value is -2.04. The third-order valence-corrected chi connectivity index (χ3v) is 3.81. The Kier molecular flexibility index (Phi) is 4.76. The molecule has 1 aromatic carbocycles. The molecule has 2 amide bonds. The molecule has 110 valence electrons. The van der Waals surface area contributed by atoms with Gasteiger partial charge in [-0.05, 0) is 33.3 Å². The van der Waals surface area contributed by atoms with Crippen LogP contribution in [0.3, 0.4) is 0 Å². The van der Waals surface area contributed by atoms with E-state index < -0.39 is 23.0 Å². The van der Waals surface area contributed by atoms with Gasteiger partial charge in [0.15, 0.2) is 0 Å². The summed E-state index contributed by atoms with van der Waals surface area (Å²) in [5.41, 5.74) is 4.56. The lowest BCUT2D eigenvalue weighted by Crippen LogP contribution is -2.58. The number of primary amides is 1. The summed E-state index contributed by atoms with van der Waals surface area (Å²) in [4.78, 5) is 23.3. The van der Waals surface area contributed by atoms with Crippen molar-refractivity contribution >= 4 is 12.0 Å². The number of rotatable bonds is 5. The average molecular weight is 278 g/mol. The standard InChI is InChI=1S/C15H22N2O3/c1-14(2,12(16)18)15(3,4)17-13(19)20-10-11-8-6-5-7-9-11/h5-9H,10H2,1-4H3,(H2,16,18)(H,17,19). The molecule has 5 nitrogen and oxygen atoms in total. The SMILES string of the molecule is CC(C)(NC(=O)OCc1ccccc1)C(C)(C)C(N)=O. The van der Waals surface area contributed by atoms with Gasteiger partial charge in [0.2, 0.25) is 5.91 Å². The van der Waals surface area contributed by atoms with E-state index in [-0.39, 0.29) is 6.61 Å². The molecule has 1 aromatic rings. The van der Waals surface area contributed by atoms with Gasteiger partial charge in [-0.25, -0.2) is 4.79 Å². The van der Waals surface area contributed by atoms with Crippen molar-refractivity contribution in [2.24, 2.45) is 11.1 Å². The molecule has 0 aromatic heterocycles. The van der Waals surface area contributed by atoms with Crippen molar-refractivity contribution in [3.63, 3.8) is 0 Å². The maximum absolute atomic E-state index is 11.8. The van der Waals surface area contributed by atoms with Gasteiger partial charge in [0.1, 0.15) is 6.61 Å². The number of alkyl carbamates (subject to hydrolysis) is 1. The van der Waals surface area contributed by atoms with Gasteiger partial charge in [-0.1, -0.05) is 30.3 Å². The zero-order chi connectivity index (χ0) is 15.4. The zero-order valence-electron chi connectivity index (χ0n) is 12.4. The van der Waals surface area contributed by atoms with Crippen LogP contribution in [-0.4, -0.2) is 17.5 Å². The lowest BCUT2D eigenvalue weighted by atomic mass is 9.74. The summed E-state index contributed by atoms with van der Waals surface area (Å²) >= 11 is 0. The van der Waals surface area contributed by atoms with Gasteiger partial charge in [-0.2, -0.15) is 0 Å². The van der Waals surface area contributed by atoms with Crippen molar-refractivity contribution in [2.45, 2.75) is 39.8 Å². The lowest BCUT2D eigenvalue weighted by molar-refractivity contribution is -0.129. The van der Waals surface area contributed by atoms with E-state index in [1.807, 2.05) is 30.3 Å². The number of carbonyl (C=O) groups is 2. The van der Waals surface area contributed by atoms with Crippen LogP contribution in [0, 0.1) is 5.41 Å². The van der Waals surface area contributed by atoms with Crippen LogP contribution in [0.1, 0.15) is 33.3 Å². The minimum absolute atomic E-state index is 0.180. The van der Waals surface area contributed by atoms with E-state index in [4.69, 9.17) is 10.5 Å². The van der Waals surface area contributed by atoms with Crippen LogP contribution >= 0.6 is 0 Å². The van der Waals surface area contributed by atoms with E-state index in [0.29, 0.717) is 0 Å². The van der Waals surface area contributed by atoms with Crippen molar-refractivity contribution in [3.05, 3.63) is 35.9 Å². The van der Waals surface area contributed by atoms with Crippen molar-refractivity contribution in [2.75, 3.05) is 0 Å². The molecule has 3 N–H and O–H groups in total. The molecular weight excluding hydrogens is 256 g/mol. The monoisotopic (exact) mass is 278 g/mol. The lowest BCUT2D eigenvalue weighted by Gasteiger charge is -2.39. The van der Waals surface area contributed by atoms with E-state index in [1.165, 1.54) is 0 Å². The highest BCUT2D eigenvalue weighted by molar-refractivity contribution is 5.82. The molecule has 0 saturated heterocycles. The summed E-state index contributed by atoms with van der Waals surface area (Å²) < 4.78 is 5.14. The number of hydrogen-bond donors (Lipinski definition) is 2. The first-order valence-electron chi connectivity index (χ1n) is 6.45. The molecule has 0 saturated carbocycles. The van der Waals surface area contributed by atoms with Gasteiger partial charge >= 0.3 is 6.09 Å². The van der Waals surface area contributed by atoms with Crippen LogP contribution in [0.5, 0.6) is 0 Å². The fourth-order valence-corrected chi connectivity index (χ4v) is 1.48. The van der Waals surface area contributed by atoms with Crippen molar-refractivity contribution in [3.8, 4) is 0 Å². The van der Waals surface area contributed by atoms with E-state index in [0.717, 1.165) is 5.56 Å². The summed E-state index contributed by atoms with van der Waals surface area (Å²) in [5, 5.41) is 2.69. The van der Waals surface area contributed by atoms with Crippen molar-refractivity contribution in [1.82, 2.24) is 5.32 Å². The highest BCUT2D eigenvalue weighted by Crippen LogP contribution is 2.30. The molecular formula is C15H22N2O3. The molecule has 0 atom stereocenters. The Morgan fingerprint density at radius 2 is 1.70 bits per heavy atom. The largest absolute Gasteiger partial charge is 0.445 e. The quantitative estimate of drug-likeness (QED) is 0.866. The van der Waals surface area contributed by atoms with Crippen molar-refractivity contribution < 1.29 is 14.3 Å². The fraction of sp³-hybridized carbons (Fsp3) is 0.467. The summed E-state index contributed by atoms with van der Waals surface area (Å²) in [5.74, 6) is -0.481. The predicted octanol–water partition coefficient (Wildman–Crippen LogP) is 2.20. The molecule has 0 aliphatic heterocycles. The second-order valence-electron chi connectivity index (χ2n) is 5.80. The first-order chi connectivity index (χ1) is 9.17. The number of hydrogen-bond acceptors (Lipinski definition) is 3. The van der Waals surface area contributed by atoms with E-state index in [9.17, 15) is 9.59 Å². The topological polar surface area (TPSA) is 81.4 Å². The molecule has 20 heavy (non-hydrogen) atoms. The second-order valence-corrected chi connectivity index (χ2v) is 5.80. The molecule has 5 heteroatoms. The smallest absolute Gasteiger partial charge is 0.407 e. The third kappa shape index (κ3) is 3.73. The Balaban J connectivity index is 2.60. The molecule has 0 aliphatic carbocycles. The summed E-state index contributed by atoms with van der Waals surface area (Å²) in [6.45, 7) is 7.03. The van der Waals surface area contributed by atoms with E-state index in [2.05, 4.69) is 5.32 Å². The minimum atomic E-state index is -0.890. The van der Waals surface area contributed by atoms with Crippen LogP contribution in [0.15, 0.2) is 30.3 Å². The van der Waals surface area contributed by atoms with Gasteiger partial charge in [0, 0.05) is 0 Å². The Labute approximate surface area is 119 Å². The van der Waals surface area contributed by atoms with Crippen LogP contribution in [0.25, 0.3) is 0 Å². The first-order valence-corrected chi connectivity index (χ1v) is 6.45. The Morgan fingerprint density at radius 3 is 2.20 bits per heavy atom. The third-order valence-electron chi connectivity index (χ3n) is 3.81. The van der Waals surface area contributed by atoms with Gasteiger partial charge in [-0.15, -0.1) is 0 Å². The molecule has 0 bridgehead atoms. The fourth-order valence-electron chi connectivity index (χ4n) is 1.48. The number of ether oxygens (including phenoxy) is 1. The maximum Gasteiger partial charge on any atom is 0.407 e. The molecule has 0 spiro atoms. The zero-order valence-corrected chi connectivity index (χ0v) is 12.4. The Bertz CT molecular complexity index is 481. The van der Waals surface area contributed by atoms with Crippen LogP contribution in [-0.2, 0) is 16.1 Å². The number of nitrogens with two attached hydrogens (primary N) is 1. The van der Waals surface area contributed by atoms with Crippen LogP contribution < -0.4 is 11.1 Å². The molecule has 0 aliphatic rings. The summed E-state index contributed by atoms with van der Waals surface area (Å²) in [6, 6.07) is 9.37. The first kappa shape index (κ1) is 16.0. The van der Waals surface area contributed by atoms with Crippen LogP contribution in [0.4, 0.5) is 4.79 Å². The number of carbonyl (C=O) groups excluding carboxylic acids is 2. The highest BCUT2D eigenvalue weighted by atomic mass is 16.5. The van der Waals surface area contributed by atoms with E-state index >= 15 is 0 Å². The number of nitrogens with one attached hydrogen (secondary N) is 1. The number of amides is 2. The predicted molar refractivity (Wildman–Crippen MR) is 76.8 cm³/mol. The van der Waals surface area contributed by atoms with Gasteiger partial charge < -0.3 is 15.8 Å². The normalized spacial score (nSPS) is 11.8.